The molecule has 2 atom stereocenters. The number of aromatic nitrogens is 1. The second-order valence-corrected chi connectivity index (χ2v) is 9.89. The Morgan fingerprint density at radius 3 is 2.76 bits per heavy atom. The third kappa shape index (κ3) is 5.72. The number of hydrogen-bond acceptors (Lipinski definition) is 11. The van der Waals surface area contributed by atoms with Crippen LogP contribution in [-0.4, -0.2) is 80.2 Å². The van der Waals surface area contributed by atoms with Crippen molar-refractivity contribution in [2.45, 2.75) is 37.8 Å². The van der Waals surface area contributed by atoms with E-state index in [1.165, 1.54) is 23.2 Å². The molecule has 3 rings (SSSR count). The van der Waals surface area contributed by atoms with E-state index in [0.29, 0.717) is 12.2 Å². The third-order valence-corrected chi connectivity index (χ3v) is 6.21. The van der Waals surface area contributed by atoms with Crippen molar-refractivity contribution in [2.75, 3.05) is 17.7 Å². The summed E-state index contributed by atoms with van der Waals surface area (Å²) in [5.74, 6) is -3.02. The molecule has 0 aromatic carbocycles. The number of carboxylic acids is 1. The van der Waals surface area contributed by atoms with Gasteiger partial charge < -0.3 is 25.3 Å². The lowest BCUT2D eigenvalue weighted by molar-refractivity contribution is -0.160. The molecule has 1 aromatic rings. The fourth-order valence-corrected chi connectivity index (χ4v) is 4.82. The molecule has 13 nitrogen and oxygen atoms in total. The van der Waals surface area contributed by atoms with Gasteiger partial charge in [-0.15, -0.1) is 23.1 Å². The first kappa shape index (κ1) is 25.2. The highest BCUT2D eigenvalue weighted by molar-refractivity contribution is 8.00. The van der Waals surface area contributed by atoms with Crippen molar-refractivity contribution in [3.8, 4) is 0 Å². The molecular formula is C19H21N5O8S2. The number of β-lactam (4-membered cyclic amide) rings is 1. The maximum Gasteiger partial charge on any atom is 0.352 e. The number of ether oxygens (including phenoxy) is 1. The molecule has 0 spiro atoms. The molecule has 1 unspecified atom stereocenters. The average molecular weight is 512 g/mol. The van der Waals surface area contributed by atoms with E-state index in [4.69, 9.17) is 9.57 Å². The minimum Gasteiger partial charge on any atom is -0.477 e. The SMILES string of the molecule is CC(C)(C)OC(=O)CON=C(C(=O)NC1C(=O)N2C(C(=O)O)=CCS[C@H]12)c1csc(NC=O)n1. The molecule has 0 aliphatic carbocycles. The van der Waals surface area contributed by atoms with Crippen molar-refractivity contribution >= 4 is 64.1 Å². The van der Waals surface area contributed by atoms with Gasteiger partial charge in [0.05, 0.1) is 0 Å². The number of thioether (sulfide) groups is 1. The van der Waals surface area contributed by atoms with Gasteiger partial charge in [0.1, 0.15) is 28.4 Å². The Labute approximate surface area is 201 Å². The number of oxime groups is 1. The van der Waals surface area contributed by atoms with Crippen LogP contribution in [-0.2, 0) is 33.5 Å². The zero-order valence-electron chi connectivity index (χ0n) is 18.3. The number of nitrogens with one attached hydrogen (secondary N) is 2. The van der Waals surface area contributed by atoms with E-state index in [9.17, 15) is 29.1 Å². The molecule has 1 fully saturated rings. The molecule has 2 aliphatic heterocycles. The minimum atomic E-state index is -1.24. The number of nitrogens with zero attached hydrogens (tertiary/aromatic N) is 3. The zero-order valence-corrected chi connectivity index (χ0v) is 19.9. The van der Waals surface area contributed by atoms with Crippen LogP contribution in [0.25, 0.3) is 0 Å². The van der Waals surface area contributed by atoms with Gasteiger partial charge in [-0.1, -0.05) is 5.16 Å². The Morgan fingerprint density at radius 2 is 2.12 bits per heavy atom. The topological polar surface area (TPSA) is 177 Å². The summed E-state index contributed by atoms with van der Waals surface area (Å²) in [6.07, 6.45) is 1.83. The fourth-order valence-electron chi connectivity index (χ4n) is 2.97. The van der Waals surface area contributed by atoms with Crippen LogP contribution in [0.3, 0.4) is 0 Å². The van der Waals surface area contributed by atoms with Gasteiger partial charge in [0.15, 0.2) is 10.8 Å². The number of rotatable bonds is 9. The second-order valence-electron chi connectivity index (χ2n) is 7.88. The lowest BCUT2D eigenvalue weighted by atomic mass is 10.0. The van der Waals surface area contributed by atoms with Crippen molar-refractivity contribution in [3.63, 3.8) is 0 Å². The van der Waals surface area contributed by atoms with E-state index in [0.717, 1.165) is 16.2 Å². The number of amides is 3. The molecule has 3 heterocycles. The Hall–Kier alpha value is -3.46. The maximum absolute atomic E-state index is 13.0. The normalized spacial score (nSPS) is 19.9. The first-order valence-electron chi connectivity index (χ1n) is 9.78. The van der Waals surface area contributed by atoms with E-state index in [1.54, 1.807) is 20.8 Å². The summed E-state index contributed by atoms with van der Waals surface area (Å²) in [6.45, 7) is 4.45. The van der Waals surface area contributed by atoms with Crippen LogP contribution in [0.5, 0.6) is 0 Å². The number of thiazole rings is 1. The van der Waals surface area contributed by atoms with Gasteiger partial charge in [-0.3, -0.25) is 19.3 Å². The van der Waals surface area contributed by atoms with Crippen LogP contribution >= 0.6 is 23.1 Å². The number of carbonyl (C=O) groups excluding carboxylic acids is 4. The summed E-state index contributed by atoms with van der Waals surface area (Å²) in [7, 11) is 0. The predicted octanol–water partition coefficient (Wildman–Crippen LogP) is 0.142. The van der Waals surface area contributed by atoms with E-state index in [-0.39, 0.29) is 22.2 Å². The smallest absolute Gasteiger partial charge is 0.352 e. The molecule has 1 aromatic heterocycles. The standard InChI is InChI=1S/C19H21N5O8S2/c1-19(2,3)32-11(26)6-31-23-12(9-7-34-18(21-9)20-8-25)14(27)22-13-15(28)24-10(17(29)30)4-5-33-16(13)24/h4,7-8,13,16H,5-6H2,1-3H3,(H,22,27)(H,29,30)(H,20,21,25)/t13?,16-/m1/s1. The Balaban J connectivity index is 1.75. The number of carbonyl (C=O) groups is 5. The minimum absolute atomic E-state index is 0.0297. The lowest BCUT2D eigenvalue weighted by Crippen LogP contribution is -2.70. The molecule has 0 saturated carbocycles. The van der Waals surface area contributed by atoms with Gasteiger partial charge in [0.25, 0.3) is 11.8 Å². The van der Waals surface area contributed by atoms with Gasteiger partial charge >= 0.3 is 11.9 Å². The maximum atomic E-state index is 13.0. The number of aliphatic carboxylic acids is 1. The van der Waals surface area contributed by atoms with Gasteiger partial charge in [0, 0.05) is 11.1 Å². The first-order chi connectivity index (χ1) is 16.0. The van der Waals surface area contributed by atoms with Gasteiger partial charge in [-0.05, 0) is 26.8 Å². The molecule has 15 heteroatoms. The Bertz CT molecular complexity index is 1080. The highest BCUT2D eigenvalue weighted by atomic mass is 32.2. The van der Waals surface area contributed by atoms with Crippen molar-refractivity contribution in [1.29, 1.82) is 0 Å². The summed E-state index contributed by atoms with van der Waals surface area (Å²) >= 11 is 2.30. The van der Waals surface area contributed by atoms with Crippen LogP contribution in [0, 0.1) is 0 Å². The van der Waals surface area contributed by atoms with Gasteiger partial charge in [0.2, 0.25) is 13.0 Å². The summed E-state index contributed by atoms with van der Waals surface area (Å²) < 4.78 is 5.11. The average Bonchev–Trinajstić information content (AvgIpc) is 3.21. The Morgan fingerprint density at radius 1 is 1.38 bits per heavy atom. The van der Waals surface area contributed by atoms with Crippen LogP contribution in [0.2, 0.25) is 0 Å². The fraction of sp³-hybridized carbons (Fsp3) is 0.421. The van der Waals surface area contributed by atoms with Crippen molar-refractivity contribution in [2.24, 2.45) is 5.16 Å². The van der Waals surface area contributed by atoms with E-state index < -0.39 is 47.4 Å². The van der Waals surface area contributed by atoms with Crippen molar-refractivity contribution in [3.05, 3.63) is 22.8 Å². The number of fused-ring (bicyclic) bond motifs is 1. The number of hydrogen-bond donors (Lipinski definition) is 3. The quantitative estimate of drug-likeness (QED) is 0.136. The molecule has 3 N–H and O–H groups in total. The molecule has 182 valence electrons. The molecule has 2 aliphatic rings. The van der Waals surface area contributed by atoms with E-state index in [2.05, 4.69) is 20.8 Å². The lowest BCUT2D eigenvalue weighted by Gasteiger charge is -2.48. The Kier molecular flexibility index (Phi) is 7.56. The van der Waals surface area contributed by atoms with Crippen LogP contribution in [0.4, 0.5) is 5.13 Å². The highest BCUT2D eigenvalue weighted by Gasteiger charge is 2.53. The first-order valence-corrected chi connectivity index (χ1v) is 11.7. The molecule has 3 amide bonds. The van der Waals surface area contributed by atoms with Crippen LogP contribution in [0.15, 0.2) is 22.3 Å². The molecule has 1 saturated heterocycles. The second kappa shape index (κ2) is 10.2. The van der Waals surface area contributed by atoms with Crippen molar-refractivity contribution in [1.82, 2.24) is 15.2 Å². The van der Waals surface area contributed by atoms with Crippen LogP contribution < -0.4 is 10.6 Å². The van der Waals surface area contributed by atoms with Crippen molar-refractivity contribution < 1.29 is 38.7 Å². The third-order valence-electron chi connectivity index (χ3n) is 4.25. The molecule has 0 radical (unpaired) electrons. The van der Waals surface area contributed by atoms with Gasteiger partial charge in [-0.25, -0.2) is 14.6 Å². The molecular weight excluding hydrogens is 490 g/mol. The molecule has 34 heavy (non-hydrogen) atoms. The molecule has 0 bridgehead atoms. The summed E-state index contributed by atoms with van der Waals surface area (Å²) in [5.41, 5.74) is -1.20. The number of anilines is 1. The predicted molar refractivity (Wildman–Crippen MR) is 121 cm³/mol. The summed E-state index contributed by atoms with van der Waals surface area (Å²) in [5, 5.41) is 18.9. The van der Waals surface area contributed by atoms with Gasteiger partial charge in [-0.2, -0.15) is 0 Å². The monoisotopic (exact) mass is 511 g/mol. The summed E-state index contributed by atoms with van der Waals surface area (Å²) in [4.78, 5) is 69.6. The number of esters is 1. The zero-order chi connectivity index (χ0) is 25.0. The highest BCUT2D eigenvalue weighted by Crippen LogP contribution is 2.37. The number of carboxylic acid groups (broad SMARTS) is 1. The van der Waals surface area contributed by atoms with E-state index in [1.807, 2.05) is 0 Å². The van der Waals surface area contributed by atoms with Crippen LogP contribution in [0.1, 0.15) is 26.5 Å². The summed E-state index contributed by atoms with van der Waals surface area (Å²) in [6, 6.07) is -0.997. The van der Waals surface area contributed by atoms with E-state index >= 15 is 0 Å². The largest absolute Gasteiger partial charge is 0.477 e.